The Morgan fingerprint density at radius 2 is 0.496 bits per heavy atom. The van der Waals surface area contributed by atoms with Gasteiger partial charge in [-0.05, 0) is 84.9 Å². The molecule has 48 nitrogen and oxygen atoms in total. The number of amides is 11. The summed E-state index contributed by atoms with van der Waals surface area (Å²) in [5, 5.41) is 35.7. The fourth-order valence-electron chi connectivity index (χ4n) is 10.5. The Bertz CT molecular complexity index is 6170. The third-order valence-corrected chi connectivity index (χ3v) is 20.1. The topological polar surface area (TPSA) is 704 Å². The largest absolute Gasteiger partial charge is 0.473 e. The Morgan fingerprint density at radius 1 is 0.287 bits per heavy atom. The van der Waals surface area contributed by atoms with Gasteiger partial charge in [-0.3, -0.25) is 106 Å². The van der Waals surface area contributed by atoms with E-state index < -0.39 is 217 Å². The zero-order chi connectivity index (χ0) is 92.4. The Balaban J connectivity index is 0.877. The molecule has 0 saturated carbocycles. The number of benzene rings is 7. The van der Waals surface area contributed by atoms with Gasteiger partial charge >= 0.3 is 31.3 Å². The average Bonchev–Trinajstić information content (AvgIpc) is 0.831. The molecule has 0 spiro atoms. The second-order valence-electron chi connectivity index (χ2n) is 25.9. The Morgan fingerprint density at radius 3 is 0.736 bits per heavy atom. The first kappa shape index (κ1) is 94.9. The van der Waals surface area contributed by atoms with Crippen molar-refractivity contribution in [2.24, 2.45) is 0 Å². The van der Waals surface area contributed by atoms with Crippen molar-refractivity contribution < 1.29 is 132 Å². The zero-order valence-corrected chi connectivity index (χ0v) is 69.3. The van der Waals surface area contributed by atoms with Crippen LogP contribution in [0.4, 0.5) is 69.8 Å². The van der Waals surface area contributed by atoms with Crippen LogP contribution in [0.2, 0.25) is 0 Å². The number of rotatable bonds is 40. The van der Waals surface area contributed by atoms with Crippen LogP contribution in [0, 0.1) is 0 Å². The number of carbonyl (C=O) groups excluding carboxylic acids is 11. The van der Waals surface area contributed by atoms with Gasteiger partial charge in [0.05, 0.1) is 51.2 Å². The molecule has 666 valence electrons. The molecular weight excluding hydrogens is 1780 g/mol. The van der Waals surface area contributed by atoms with Crippen molar-refractivity contribution >= 4 is 166 Å². The number of aliphatic hydroxyl groups excluding tert-OH is 1. The molecule has 0 bridgehead atoms. The van der Waals surface area contributed by atoms with Crippen LogP contribution in [-0.4, -0.2) is 185 Å². The lowest BCUT2D eigenvalue weighted by Crippen LogP contribution is -2.37. The van der Waals surface area contributed by atoms with E-state index in [9.17, 15) is 101 Å². The highest BCUT2D eigenvalue weighted by molar-refractivity contribution is 7.48. The average molecular weight is 1850 g/mol. The van der Waals surface area contributed by atoms with Crippen molar-refractivity contribution in [3.8, 4) is 0 Å². The van der Waals surface area contributed by atoms with Crippen molar-refractivity contribution in [2.45, 2.75) is 24.4 Å². The van der Waals surface area contributed by atoms with Crippen molar-refractivity contribution in [3.05, 3.63) is 276 Å². The summed E-state index contributed by atoms with van der Waals surface area (Å²) in [5.74, 6) is -17.0. The third kappa shape index (κ3) is 28.6. The maximum Gasteiger partial charge on any atom is 0.473 e. The monoisotopic (exact) mass is 1850 g/mol. The normalized spacial score (nSPS) is 13.5. The number of phosphoric acid groups is 4. The van der Waals surface area contributed by atoms with E-state index in [1.165, 1.54) is 158 Å². The van der Waals surface area contributed by atoms with E-state index in [2.05, 4.69) is 103 Å². The van der Waals surface area contributed by atoms with Gasteiger partial charge in [-0.2, -0.15) is 19.9 Å². The Hall–Kier alpha value is -14.8. The number of hydrogen-bond acceptors (Lipinski definition) is 32. The minimum atomic E-state index is -6.37. The molecule has 11 amide bonds. The van der Waals surface area contributed by atoms with Crippen LogP contribution >= 0.6 is 31.3 Å². The summed E-state index contributed by atoms with van der Waals surface area (Å²) >= 11 is 0. The summed E-state index contributed by atoms with van der Waals surface area (Å²) < 4.78 is 90.6. The first-order chi connectivity index (χ1) is 61.6. The summed E-state index contributed by atoms with van der Waals surface area (Å²) in [4.78, 5) is 238. The first-order valence-corrected chi connectivity index (χ1v) is 43.0. The van der Waals surface area contributed by atoms with E-state index in [1.807, 2.05) is 0 Å². The van der Waals surface area contributed by atoms with Crippen molar-refractivity contribution in [1.82, 2.24) is 39.9 Å². The highest BCUT2D eigenvalue weighted by atomic mass is 31.2. The maximum atomic E-state index is 14.8. The van der Waals surface area contributed by atoms with Gasteiger partial charge in [0.2, 0.25) is 23.8 Å². The van der Waals surface area contributed by atoms with Crippen LogP contribution in [0.5, 0.6) is 0 Å². The molecule has 129 heavy (non-hydrogen) atoms. The Labute approximate surface area is 726 Å². The lowest BCUT2D eigenvalue weighted by atomic mass is 10.2. The van der Waals surface area contributed by atoms with Crippen LogP contribution in [0.15, 0.2) is 237 Å². The highest BCUT2D eigenvalue weighted by Crippen LogP contribution is 2.51. The highest BCUT2D eigenvalue weighted by Gasteiger charge is 2.42. The number of hydrogen-bond donors (Lipinski definition) is 18. The fourth-order valence-corrected chi connectivity index (χ4v) is 13.6. The van der Waals surface area contributed by atoms with Crippen LogP contribution in [0.25, 0.3) is 0 Å². The second-order valence-corrected chi connectivity index (χ2v) is 31.3. The smallest absolute Gasteiger partial charge is 0.393 e. The number of carbonyl (C=O) groups is 11. The van der Waals surface area contributed by atoms with E-state index in [4.69, 9.17) is 32.9 Å². The molecule has 4 heterocycles. The summed E-state index contributed by atoms with van der Waals surface area (Å²) in [5.41, 5.74) is 4.16. The van der Waals surface area contributed by atoms with Crippen molar-refractivity contribution in [2.75, 3.05) is 90.6 Å². The van der Waals surface area contributed by atoms with Gasteiger partial charge in [0, 0.05) is 38.9 Å². The van der Waals surface area contributed by atoms with Gasteiger partial charge in [-0.25, -0.2) is 38.2 Å². The molecule has 4 aromatic heterocycles. The molecule has 0 saturated heterocycles. The lowest BCUT2D eigenvalue weighted by molar-refractivity contribution is -0.128. The molecule has 19 N–H and O–H groups in total. The van der Waals surface area contributed by atoms with E-state index in [-0.39, 0.29) is 38.9 Å². The minimum absolute atomic E-state index is 0.00583. The predicted octanol–water partition coefficient (Wildman–Crippen LogP) is 7.03. The number of nitrogens with zero attached hydrogens (tertiary/aromatic N) is 8. The van der Waals surface area contributed by atoms with Crippen molar-refractivity contribution in [3.63, 3.8) is 0 Å². The van der Waals surface area contributed by atoms with Crippen LogP contribution in [0.3, 0.4) is 0 Å². The van der Waals surface area contributed by atoms with Gasteiger partial charge in [0.1, 0.15) is 22.7 Å². The summed E-state index contributed by atoms with van der Waals surface area (Å²) in [6.45, 7) is -7.05. The maximum absolute atomic E-state index is 14.8. The predicted molar refractivity (Wildman–Crippen MR) is 454 cm³/mol. The lowest BCUT2D eigenvalue weighted by Gasteiger charge is -2.25. The summed E-state index contributed by atoms with van der Waals surface area (Å²) in [6, 6.07) is 52.0. The Kier molecular flexibility index (Phi) is 32.3. The van der Waals surface area contributed by atoms with E-state index >= 15 is 0 Å². The number of aliphatic hydroxyl groups is 1. The molecule has 0 aliphatic carbocycles. The minimum Gasteiger partial charge on any atom is -0.393 e. The number of aromatic nitrogens is 8. The third-order valence-electron chi connectivity index (χ3n) is 16.6. The molecule has 0 aliphatic rings. The number of nitrogens with two attached hydrogens (primary N) is 1. The van der Waals surface area contributed by atoms with Crippen LogP contribution < -0.4 is 64.2 Å². The van der Waals surface area contributed by atoms with Gasteiger partial charge in [0.25, 0.3) is 65.0 Å². The summed E-state index contributed by atoms with van der Waals surface area (Å²) in [6.07, 6.45) is -8.01. The molecule has 0 fully saturated rings. The van der Waals surface area contributed by atoms with E-state index in [0.29, 0.717) is 0 Å². The number of nitrogens with one attached hydrogen (secondary N) is 11. The zero-order valence-electron chi connectivity index (χ0n) is 65.8. The molecule has 7 aromatic carbocycles. The quantitative estimate of drug-likeness (QED) is 0.0171. The van der Waals surface area contributed by atoms with Gasteiger partial charge in [-0.15, -0.1) is 0 Å². The number of anilines is 12. The number of phosphoric ester groups is 4. The molecule has 52 heteroatoms. The molecule has 7 atom stereocenters. The van der Waals surface area contributed by atoms with Crippen LogP contribution in [0.1, 0.15) is 72.5 Å². The van der Waals surface area contributed by atoms with Crippen LogP contribution in [-0.2, 0) is 69.1 Å². The summed E-state index contributed by atoms with van der Waals surface area (Å²) in [7, 11) is -24.6. The van der Waals surface area contributed by atoms with Gasteiger partial charge < -0.3 is 72.5 Å². The molecule has 11 aromatic rings. The molecule has 0 radical (unpaired) electrons. The van der Waals surface area contributed by atoms with Crippen molar-refractivity contribution in [1.29, 1.82) is 0 Å². The van der Waals surface area contributed by atoms with E-state index in [1.54, 1.807) is 54.6 Å². The van der Waals surface area contributed by atoms with E-state index in [0.717, 1.165) is 24.8 Å². The molecular formula is C77H70N20O28P4. The SMILES string of the molecule is Nc1nc(NC(=O)c2ccccc2)ncc1NC(=O)[C@@H](COP(=O)(O)O[C@H](COP(=O)(O)O[C@H](CO)C(=O)Nc1cnc(NC(=O)c2ccccc2)nc1NC(=O)c1ccccc1)C(=O)Nc1cnc(NC(=O)c2ccccc2)nc1NC(=O)c1ccccc1)OP(=O)(O)OC[C@@H](OP(=O)(O)O)C(=O)Nc1cnc(NC(=O)c2ccccc2)nc1NC(=O)c1ccccc1. The second kappa shape index (κ2) is 43.9. The fraction of sp³-hybridized carbons (Fsp3) is 0.104. The molecule has 11 rings (SSSR count). The van der Waals surface area contributed by atoms with Gasteiger partial charge in [-0.1, -0.05) is 127 Å². The molecule has 0 aliphatic heterocycles. The standard InChI is InChI=1S/C77H70N20O28P4/c78-59-51(36-79-74(87-59)94-66(102)47-28-14-4-15-29-47)83-72(108)57(124-128(115,116)119-41-56(122-126(110,111)112)71(107)85-53-38-81-76(96-68(104)49-32-18-6-19-33-49)92-61(53)89-64(100)45-24-10-2-11-25-45)42-121-129(117,118)125-58(73(109)86-54-39-82-77(97-69(105)50-34-20-7-21-35-50)93-62(54)90-65(101)46-26-12-3-13-27-46)43-120-127(113,114)123-55(40-98)70(106)84-52-37-80-75(95-67(103)48-30-16-5-17-31-48)91-60(52)88-63(99)44-22-8-1-9-23-44/h1-39,55-58,98H,40-43H2,(H,83,108)(H,84,106)(H,85,107)(H,86,109)(H,113,114)(H,115,116)(H,117,118)(H2,110,111,112)(H3,78,79,87,94,102)(H2,80,88,91,95,99,103)(H2,81,89,92,96,100,104)(H2,82,90,93,97,101,105)/t55-,56-,57-,58-/m1/s1. The molecule has 3 unspecified atom stereocenters. The first-order valence-electron chi connectivity index (χ1n) is 37.0. The van der Waals surface area contributed by atoms with Gasteiger partial charge in [0.15, 0.2) is 47.7 Å². The number of nitrogen functional groups attached to an aromatic ring is 1.